The van der Waals surface area contributed by atoms with Gasteiger partial charge in [0, 0.05) is 22.7 Å². The summed E-state index contributed by atoms with van der Waals surface area (Å²) in [5, 5.41) is 0.752. The van der Waals surface area contributed by atoms with Crippen LogP contribution in [-0.2, 0) is 6.42 Å². The molecule has 3 N–H and O–H groups in total. The van der Waals surface area contributed by atoms with Gasteiger partial charge in [-0.1, -0.05) is 36.6 Å². The lowest BCUT2D eigenvalue weighted by molar-refractivity contribution is 0.637. The summed E-state index contributed by atoms with van der Waals surface area (Å²) in [6, 6.07) is 7.82. The van der Waals surface area contributed by atoms with Crippen LogP contribution in [0.1, 0.15) is 37.2 Å². The maximum Gasteiger partial charge on any atom is 0.106 e. The number of aromatic amines is 1. The van der Waals surface area contributed by atoms with E-state index in [0.29, 0.717) is 0 Å². The van der Waals surface area contributed by atoms with Crippen LogP contribution in [-0.4, -0.2) is 16.5 Å². The fraction of sp³-hybridized carbons (Fsp3) is 0.438. The van der Waals surface area contributed by atoms with Crippen molar-refractivity contribution in [1.82, 2.24) is 9.97 Å². The summed E-state index contributed by atoms with van der Waals surface area (Å²) in [7, 11) is 0. The minimum atomic E-state index is 0.752. The van der Waals surface area contributed by atoms with E-state index >= 15 is 0 Å². The van der Waals surface area contributed by atoms with Gasteiger partial charge in [-0.15, -0.1) is 0 Å². The summed E-state index contributed by atoms with van der Waals surface area (Å²) in [5.41, 5.74) is 8.74. The van der Waals surface area contributed by atoms with Gasteiger partial charge in [-0.2, -0.15) is 0 Å². The number of benzene rings is 1. The van der Waals surface area contributed by atoms with E-state index in [0.717, 1.165) is 53.6 Å². The quantitative estimate of drug-likeness (QED) is 0.755. The summed E-state index contributed by atoms with van der Waals surface area (Å²) in [4.78, 5) is 8.08. The molecule has 1 heterocycles. The van der Waals surface area contributed by atoms with Crippen LogP contribution < -0.4 is 5.73 Å². The van der Waals surface area contributed by atoms with E-state index in [1.54, 1.807) is 0 Å². The van der Waals surface area contributed by atoms with Gasteiger partial charge in [0.2, 0.25) is 0 Å². The van der Waals surface area contributed by atoms with E-state index < -0.39 is 0 Å². The normalized spacial score (nSPS) is 10.9. The van der Waals surface area contributed by atoms with Crippen LogP contribution in [0.5, 0.6) is 0 Å². The van der Waals surface area contributed by atoms with Gasteiger partial charge in [0.15, 0.2) is 0 Å². The first-order valence-corrected chi connectivity index (χ1v) is 7.60. The van der Waals surface area contributed by atoms with E-state index in [2.05, 4.69) is 11.9 Å². The Morgan fingerprint density at radius 2 is 1.80 bits per heavy atom. The lowest BCUT2D eigenvalue weighted by atomic mass is 10.1. The second kappa shape index (κ2) is 7.46. The molecule has 0 saturated heterocycles. The molecule has 0 aliphatic heterocycles. The molecule has 0 aliphatic rings. The maximum absolute atomic E-state index is 5.92. The Morgan fingerprint density at radius 3 is 2.50 bits per heavy atom. The van der Waals surface area contributed by atoms with Gasteiger partial charge in [0.25, 0.3) is 0 Å². The maximum atomic E-state index is 5.92. The van der Waals surface area contributed by atoms with Crippen LogP contribution >= 0.6 is 11.6 Å². The summed E-state index contributed by atoms with van der Waals surface area (Å²) in [6.07, 6.45) is 5.70. The number of unbranched alkanes of at least 4 members (excludes halogenated alkanes) is 3. The molecule has 0 amide bonds. The zero-order valence-electron chi connectivity index (χ0n) is 12.0. The minimum absolute atomic E-state index is 0.752. The van der Waals surface area contributed by atoms with E-state index in [4.69, 9.17) is 22.3 Å². The fourth-order valence-electron chi connectivity index (χ4n) is 2.32. The zero-order chi connectivity index (χ0) is 14.4. The molecule has 108 valence electrons. The highest BCUT2D eigenvalue weighted by Gasteiger charge is 2.08. The van der Waals surface area contributed by atoms with Gasteiger partial charge in [-0.05, 0) is 38.4 Å². The number of hydrogen-bond acceptors (Lipinski definition) is 2. The van der Waals surface area contributed by atoms with Gasteiger partial charge in [-0.3, -0.25) is 0 Å². The molecule has 1 aromatic heterocycles. The largest absolute Gasteiger partial charge is 0.346 e. The number of rotatable bonds is 7. The molecular formula is C16H22ClN3. The van der Waals surface area contributed by atoms with Crippen molar-refractivity contribution in [2.75, 3.05) is 6.54 Å². The first-order valence-electron chi connectivity index (χ1n) is 7.22. The molecule has 0 aliphatic carbocycles. The summed E-state index contributed by atoms with van der Waals surface area (Å²) in [6.45, 7) is 2.86. The van der Waals surface area contributed by atoms with Crippen molar-refractivity contribution in [3.63, 3.8) is 0 Å². The van der Waals surface area contributed by atoms with E-state index in [-0.39, 0.29) is 0 Å². The van der Waals surface area contributed by atoms with Crippen LogP contribution in [0.25, 0.3) is 11.3 Å². The molecule has 2 rings (SSSR count). The predicted octanol–water partition coefficient (Wildman–Crippen LogP) is 4.10. The van der Waals surface area contributed by atoms with Crippen molar-refractivity contribution in [2.45, 2.75) is 39.0 Å². The van der Waals surface area contributed by atoms with Crippen molar-refractivity contribution < 1.29 is 0 Å². The lowest BCUT2D eigenvalue weighted by Gasteiger charge is -1.98. The second-order valence-electron chi connectivity index (χ2n) is 5.12. The van der Waals surface area contributed by atoms with Gasteiger partial charge in [0.1, 0.15) is 5.82 Å². The third kappa shape index (κ3) is 4.09. The number of nitrogens with two attached hydrogens (primary N) is 1. The molecule has 4 heteroatoms. The van der Waals surface area contributed by atoms with E-state index in [9.17, 15) is 0 Å². The van der Waals surface area contributed by atoms with Crippen molar-refractivity contribution >= 4 is 11.6 Å². The number of nitrogens with zero attached hydrogens (tertiary/aromatic N) is 1. The highest BCUT2D eigenvalue weighted by atomic mass is 35.5. The Kier molecular flexibility index (Phi) is 5.62. The van der Waals surface area contributed by atoms with Crippen LogP contribution in [0.4, 0.5) is 0 Å². The molecule has 0 unspecified atom stereocenters. The molecule has 2 aromatic rings. The Bertz CT molecular complexity index is 531. The van der Waals surface area contributed by atoms with Crippen LogP contribution in [0.15, 0.2) is 24.3 Å². The smallest absolute Gasteiger partial charge is 0.106 e. The third-order valence-corrected chi connectivity index (χ3v) is 3.67. The molecule has 20 heavy (non-hydrogen) atoms. The molecule has 0 fully saturated rings. The number of aryl methyl sites for hydroxylation is 2. The van der Waals surface area contributed by atoms with Crippen LogP contribution in [0.2, 0.25) is 5.02 Å². The van der Waals surface area contributed by atoms with Gasteiger partial charge in [-0.25, -0.2) is 4.98 Å². The SMILES string of the molecule is Cc1[nH]c(CCCCCCN)nc1-c1ccc(Cl)cc1. The van der Waals surface area contributed by atoms with Gasteiger partial charge < -0.3 is 10.7 Å². The molecule has 0 spiro atoms. The monoisotopic (exact) mass is 291 g/mol. The van der Waals surface area contributed by atoms with Crippen LogP contribution in [0, 0.1) is 6.92 Å². The van der Waals surface area contributed by atoms with Gasteiger partial charge in [0.05, 0.1) is 5.69 Å². The van der Waals surface area contributed by atoms with E-state index in [1.165, 1.54) is 12.8 Å². The Morgan fingerprint density at radius 1 is 1.10 bits per heavy atom. The molecule has 0 bridgehead atoms. The Hall–Kier alpha value is -1.32. The molecule has 0 radical (unpaired) electrons. The lowest BCUT2D eigenvalue weighted by Crippen LogP contribution is -1.98. The minimum Gasteiger partial charge on any atom is -0.346 e. The highest BCUT2D eigenvalue weighted by molar-refractivity contribution is 6.30. The van der Waals surface area contributed by atoms with Crippen molar-refractivity contribution in [3.8, 4) is 11.3 Å². The number of hydrogen-bond donors (Lipinski definition) is 2. The number of aromatic nitrogens is 2. The Labute approximate surface area is 125 Å². The van der Waals surface area contributed by atoms with Crippen LogP contribution in [0.3, 0.4) is 0 Å². The molecule has 0 atom stereocenters. The predicted molar refractivity (Wildman–Crippen MR) is 85.0 cm³/mol. The fourth-order valence-corrected chi connectivity index (χ4v) is 2.45. The Balaban J connectivity index is 1.97. The number of H-pyrrole nitrogens is 1. The first kappa shape index (κ1) is 15.1. The van der Waals surface area contributed by atoms with Crippen molar-refractivity contribution in [2.24, 2.45) is 5.73 Å². The first-order chi connectivity index (χ1) is 9.70. The second-order valence-corrected chi connectivity index (χ2v) is 5.55. The number of halogens is 1. The van der Waals surface area contributed by atoms with E-state index in [1.807, 2.05) is 24.3 Å². The molecular weight excluding hydrogens is 270 g/mol. The standard InChI is InChI=1S/C16H22ClN3/c1-12-16(13-7-9-14(17)10-8-13)20-15(19-12)6-4-2-3-5-11-18/h7-10H,2-6,11,18H2,1H3,(H,19,20). The molecule has 0 saturated carbocycles. The van der Waals surface area contributed by atoms with Gasteiger partial charge >= 0.3 is 0 Å². The molecule has 3 nitrogen and oxygen atoms in total. The summed E-state index contributed by atoms with van der Waals surface area (Å²) in [5.74, 6) is 1.07. The number of nitrogens with one attached hydrogen (secondary N) is 1. The third-order valence-electron chi connectivity index (χ3n) is 3.42. The topological polar surface area (TPSA) is 54.7 Å². The zero-order valence-corrected chi connectivity index (χ0v) is 12.7. The number of imidazole rings is 1. The van der Waals surface area contributed by atoms with Crippen molar-refractivity contribution in [3.05, 3.63) is 40.8 Å². The average Bonchev–Trinajstić information content (AvgIpc) is 2.81. The summed E-state index contributed by atoms with van der Waals surface area (Å²) < 4.78 is 0. The van der Waals surface area contributed by atoms with Crippen molar-refractivity contribution in [1.29, 1.82) is 0 Å². The molecule has 1 aromatic carbocycles. The summed E-state index contributed by atoms with van der Waals surface area (Å²) >= 11 is 5.92. The average molecular weight is 292 g/mol. The highest BCUT2D eigenvalue weighted by Crippen LogP contribution is 2.23.